The second-order valence-corrected chi connectivity index (χ2v) is 11.0. The number of rotatable bonds is 12. The Morgan fingerprint density at radius 3 is 2.15 bits per heavy atom. The minimum absolute atomic E-state index is 0. The number of hydrogen-bond donors (Lipinski definition) is 1. The van der Waals surface area contributed by atoms with Crippen molar-refractivity contribution in [1.29, 1.82) is 0 Å². The zero-order valence-electron chi connectivity index (χ0n) is 24.2. The van der Waals surface area contributed by atoms with Gasteiger partial charge >= 0.3 is 18.9 Å². The number of hydrogen-bond acceptors (Lipinski definition) is 5. The van der Waals surface area contributed by atoms with Crippen LogP contribution in [0.2, 0.25) is 0 Å². The number of aliphatic carboxylic acids is 1. The smallest absolute Gasteiger partial charge is 0.548 e. The van der Waals surface area contributed by atoms with E-state index in [2.05, 4.69) is 59.6 Å². The molecule has 4 aromatic carbocycles. The maximum atomic E-state index is 13.4. The largest absolute Gasteiger partial charge is 1.00 e. The topological polar surface area (TPSA) is 72.5 Å². The zero-order valence-corrected chi connectivity index (χ0v) is 25.0. The number of amides is 1. The van der Waals surface area contributed by atoms with Crippen LogP contribution in [0.1, 0.15) is 39.0 Å². The van der Waals surface area contributed by atoms with Gasteiger partial charge in [-0.2, -0.15) is 11.8 Å². The fraction of sp³-hybridized carbons (Fsp3) is 0.235. The number of nitrogens with zero attached hydrogens (tertiary/aromatic N) is 1. The molecule has 7 heteroatoms. The third-order valence-electron chi connectivity index (χ3n) is 6.95. The van der Waals surface area contributed by atoms with Crippen LogP contribution < -0.4 is 34.2 Å². The van der Waals surface area contributed by atoms with E-state index in [4.69, 9.17) is 0 Å². The van der Waals surface area contributed by atoms with Crippen LogP contribution in [0.25, 0.3) is 11.1 Å². The Kier molecular flexibility index (Phi) is 12.2. The molecule has 0 aliphatic rings. The Morgan fingerprint density at radius 2 is 1.49 bits per heavy atom. The Labute approximate surface area is 259 Å². The molecule has 1 amide bonds. The number of carboxylic acid groups (broad SMARTS) is 1. The van der Waals surface area contributed by atoms with Gasteiger partial charge in [-0.1, -0.05) is 78.4 Å². The van der Waals surface area contributed by atoms with Crippen molar-refractivity contribution in [3.8, 4) is 11.1 Å². The molecule has 1 N–H and O–H groups in total. The first-order valence-electron chi connectivity index (χ1n) is 13.4. The monoisotopic (exact) mass is 558 g/mol. The van der Waals surface area contributed by atoms with E-state index >= 15 is 0 Å². The molecule has 0 saturated heterocycles. The molecular weight excluding hydrogens is 523 g/mol. The van der Waals surface area contributed by atoms with Crippen molar-refractivity contribution in [2.75, 3.05) is 16.9 Å². The van der Waals surface area contributed by atoms with Gasteiger partial charge in [0.25, 0.3) is 5.91 Å². The molecule has 4 aromatic rings. The first-order chi connectivity index (χ1) is 19.4. The molecule has 1 unspecified atom stereocenters. The molecule has 0 aromatic heterocycles. The van der Waals surface area contributed by atoms with Gasteiger partial charge in [0.05, 0.1) is 12.0 Å². The molecule has 0 radical (unpaired) electrons. The summed E-state index contributed by atoms with van der Waals surface area (Å²) >= 11 is 1.53. The molecule has 1 atom stereocenters. The summed E-state index contributed by atoms with van der Waals surface area (Å²) in [7, 11) is 0. The number of carbonyl (C=O) groups excluding carboxylic acids is 2. The summed E-state index contributed by atoms with van der Waals surface area (Å²) in [4.78, 5) is 27.5. The molecule has 0 aliphatic heterocycles. The average molecular weight is 559 g/mol. The number of carboxylic acids is 1. The van der Waals surface area contributed by atoms with E-state index < -0.39 is 17.9 Å². The Balaban J connectivity index is 0.00000462. The van der Waals surface area contributed by atoms with Gasteiger partial charge in [-0.3, -0.25) is 4.79 Å². The van der Waals surface area contributed by atoms with Gasteiger partial charge in [-0.05, 0) is 84.4 Å². The molecule has 0 heterocycles. The number of carbonyl (C=O) groups is 2. The predicted molar refractivity (Wildman–Crippen MR) is 163 cm³/mol. The average Bonchev–Trinajstić information content (AvgIpc) is 2.96. The van der Waals surface area contributed by atoms with Crippen molar-refractivity contribution in [2.24, 2.45) is 0 Å². The fourth-order valence-corrected chi connectivity index (χ4v) is 5.20. The van der Waals surface area contributed by atoms with E-state index in [0.29, 0.717) is 24.3 Å². The van der Waals surface area contributed by atoms with E-state index in [1.165, 1.54) is 22.9 Å². The van der Waals surface area contributed by atoms with Crippen molar-refractivity contribution in [2.45, 2.75) is 39.4 Å². The zero-order chi connectivity index (χ0) is 28.5. The van der Waals surface area contributed by atoms with Gasteiger partial charge < -0.3 is 20.1 Å². The van der Waals surface area contributed by atoms with E-state index in [-0.39, 0.29) is 18.9 Å². The van der Waals surface area contributed by atoms with Gasteiger partial charge in [0.2, 0.25) is 0 Å². The first-order valence-corrected chi connectivity index (χ1v) is 14.8. The number of anilines is 1. The molecule has 0 fully saturated rings. The maximum Gasteiger partial charge on any atom is 1.00 e. The fourth-order valence-electron chi connectivity index (χ4n) is 4.72. The summed E-state index contributed by atoms with van der Waals surface area (Å²) in [6.07, 6.45) is 2.21. The van der Waals surface area contributed by atoms with Gasteiger partial charge in [0.15, 0.2) is 0 Å². The van der Waals surface area contributed by atoms with E-state index in [1.807, 2.05) is 67.8 Å². The third-order valence-corrected chi connectivity index (χ3v) is 7.60. The van der Waals surface area contributed by atoms with E-state index in [9.17, 15) is 14.7 Å². The molecule has 0 spiro atoms. The summed E-state index contributed by atoms with van der Waals surface area (Å²) < 4.78 is 0. The number of aryl methyl sites for hydroxylation is 2. The molecule has 0 bridgehead atoms. The third kappa shape index (κ3) is 8.77. The molecule has 4 rings (SSSR count). The van der Waals surface area contributed by atoms with Crippen LogP contribution in [0.15, 0.2) is 97.1 Å². The van der Waals surface area contributed by atoms with Crippen LogP contribution in [-0.2, 0) is 17.9 Å². The van der Waals surface area contributed by atoms with Crippen LogP contribution in [0.4, 0.5) is 5.69 Å². The number of benzene rings is 4. The Hall–Kier alpha value is -3.43. The first kappa shape index (κ1) is 32.1. The molecule has 206 valence electrons. The van der Waals surface area contributed by atoms with Crippen molar-refractivity contribution in [3.05, 3.63) is 125 Å². The Bertz CT molecular complexity index is 1440. The second-order valence-electron chi connectivity index (χ2n) is 10.00. The quantitative estimate of drug-likeness (QED) is 0.271. The maximum absolute atomic E-state index is 13.4. The molecule has 5 nitrogen and oxygen atoms in total. The van der Waals surface area contributed by atoms with E-state index in [1.54, 1.807) is 0 Å². The van der Waals surface area contributed by atoms with Crippen LogP contribution in [0.3, 0.4) is 0 Å². The SMILES string of the molecule is CSCCC(NC(=O)c1ccc(CN(Cc2ccccc2)c2ccc(C)cc2)cc1-c1ccccc1C)C(=O)[O-].[Li+]. The molecular formula is C34H35LiN2O3S. The minimum atomic E-state index is -1.27. The van der Waals surface area contributed by atoms with Gasteiger partial charge in [-0.25, -0.2) is 0 Å². The van der Waals surface area contributed by atoms with Gasteiger partial charge in [0.1, 0.15) is 0 Å². The summed E-state index contributed by atoms with van der Waals surface area (Å²) in [5.41, 5.74) is 7.76. The molecule has 41 heavy (non-hydrogen) atoms. The summed E-state index contributed by atoms with van der Waals surface area (Å²) in [6.45, 7) is 5.46. The normalized spacial score (nSPS) is 11.3. The van der Waals surface area contributed by atoms with Crippen molar-refractivity contribution >= 4 is 29.3 Å². The summed E-state index contributed by atoms with van der Waals surface area (Å²) in [5, 5.41) is 14.4. The number of thioether (sulfide) groups is 1. The summed E-state index contributed by atoms with van der Waals surface area (Å²) in [6, 6.07) is 31.6. The van der Waals surface area contributed by atoms with Crippen LogP contribution in [0, 0.1) is 13.8 Å². The molecule has 0 saturated carbocycles. The van der Waals surface area contributed by atoms with Gasteiger partial charge in [0, 0.05) is 24.3 Å². The number of nitrogens with one attached hydrogen (secondary N) is 1. The Morgan fingerprint density at radius 1 is 0.829 bits per heavy atom. The van der Waals surface area contributed by atoms with Crippen molar-refractivity contribution in [3.63, 3.8) is 0 Å². The van der Waals surface area contributed by atoms with Crippen LogP contribution in [-0.4, -0.2) is 29.9 Å². The second kappa shape index (κ2) is 15.5. The van der Waals surface area contributed by atoms with Crippen LogP contribution in [0.5, 0.6) is 0 Å². The van der Waals surface area contributed by atoms with E-state index in [0.717, 1.165) is 34.5 Å². The standard InChI is InChI=1S/C34H36N2O3S.Li/c1-24-13-16-28(17-14-24)36(22-26-10-5-4-6-11-26)23-27-15-18-30(31(21-27)29-12-8-7-9-25(29)2)33(37)35-32(34(38)39)19-20-40-3;/h4-18,21,32H,19-20,22-23H2,1-3H3,(H,35,37)(H,38,39);/q;+1/p-1. The minimum Gasteiger partial charge on any atom is -0.548 e. The van der Waals surface area contributed by atoms with Crippen molar-refractivity contribution in [1.82, 2.24) is 5.32 Å². The van der Waals surface area contributed by atoms with Gasteiger partial charge in [-0.15, -0.1) is 0 Å². The molecule has 0 aliphatic carbocycles. The van der Waals surface area contributed by atoms with Crippen molar-refractivity contribution < 1.29 is 33.6 Å². The predicted octanol–water partition coefficient (Wildman–Crippen LogP) is 2.78. The summed E-state index contributed by atoms with van der Waals surface area (Å²) in [5.74, 6) is -1.08. The van der Waals surface area contributed by atoms with Crippen LogP contribution >= 0.6 is 11.8 Å².